The summed E-state index contributed by atoms with van der Waals surface area (Å²) >= 11 is 7.17. The van der Waals surface area contributed by atoms with E-state index in [1.165, 1.54) is 23.5 Å². The zero-order valence-corrected chi connectivity index (χ0v) is 12.2. The number of piperidine rings is 1. The maximum absolute atomic E-state index is 13.3. The molecule has 1 unspecified atom stereocenters. The molecule has 0 spiro atoms. The third-order valence-electron chi connectivity index (χ3n) is 3.31. The van der Waals surface area contributed by atoms with Gasteiger partial charge >= 0.3 is 0 Å². The first-order valence-corrected chi connectivity index (χ1v) is 7.60. The van der Waals surface area contributed by atoms with E-state index in [1.807, 2.05) is 0 Å². The highest BCUT2D eigenvalue weighted by Crippen LogP contribution is 2.32. The molecule has 1 aliphatic rings. The topological polar surface area (TPSA) is 54.0 Å². The average molecular weight is 314 g/mol. The Labute approximate surface area is 124 Å². The second-order valence-electron chi connectivity index (χ2n) is 4.79. The molecule has 0 aliphatic carbocycles. The maximum Gasteiger partial charge on any atom is 0.230 e. The Kier molecular flexibility index (Phi) is 3.87. The molecule has 106 valence electrons. The van der Waals surface area contributed by atoms with Crippen LogP contribution in [0, 0.1) is 11.7 Å². The highest BCUT2D eigenvalue weighted by atomic mass is 35.5. The Morgan fingerprint density at radius 1 is 1.55 bits per heavy atom. The Hall–Kier alpha value is -1.24. The molecule has 1 aliphatic heterocycles. The van der Waals surface area contributed by atoms with E-state index in [0.717, 1.165) is 19.4 Å². The average Bonchev–Trinajstić information content (AvgIpc) is 2.82. The standard InChI is InChI=1S/C13H13ClFN3OS/c14-9-4-8(15)5-10-11(9)17-13(20-10)18-12(19)7-2-1-3-16-6-7/h4-5,7,16H,1-3,6H2,(H,17,18,19). The number of hydrogen-bond donors (Lipinski definition) is 2. The lowest BCUT2D eigenvalue weighted by Gasteiger charge is -2.21. The summed E-state index contributed by atoms with van der Waals surface area (Å²) in [4.78, 5) is 16.4. The predicted molar refractivity (Wildman–Crippen MR) is 78.8 cm³/mol. The molecule has 7 heteroatoms. The van der Waals surface area contributed by atoms with Gasteiger partial charge in [0.1, 0.15) is 11.3 Å². The fraction of sp³-hybridized carbons (Fsp3) is 0.385. The van der Waals surface area contributed by atoms with Gasteiger partial charge in [0.15, 0.2) is 5.13 Å². The van der Waals surface area contributed by atoms with Gasteiger partial charge in [-0.1, -0.05) is 22.9 Å². The molecular formula is C13H13ClFN3OS. The van der Waals surface area contributed by atoms with Crippen LogP contribution in [0.2, 0.25) is 5.02 Å². The van der Waals surface area contributed by atoms with Gasteiger partial charge < -0.3 is 10.6 Å². The van der Waals surface area contributed by atoms with Crippen LogP contribution in [0.4, 0.5) is 9.52 Å². The smallest absolute Gasteiger partial charge is 0.230 e. The second kappa shape index (κ2) is 5.63. The summed E-state index contributed by atoms with van der Waals surface area (Å²) in [5.41, 5.74) is 0.523. The van der Waals surface area contributed by atoms with Gasteiger partial charge in [-0.3, -0.25) is 4.79 Å². The van der Waals surface area contributed by atoms with Crippen molar-refractivity contribution in [3.05, 3.63) is 23.0 Å². The van der Waals surface area contributed by atoms with Gasteiger partial charge in [-0.15, -0.1) is 0 Å². The number of halogens is 2. The molecule has 20 heavy (non-hydrogen) atoms. The van der Waals surface area contributed by atoms with Crippen molar-refractivity contribution in [3.8, 4) is 0 Å². The first-order chi connectivity index (χ1) is 9.63. The van der Waals surface area contributed by atoms with E-state index in [4.69, 9.17) is 11.6 Å². The zero-order valence-electron chi connectivity index (χ0n) is 10.6. The maximum atomic E-state index is 13.3. The Balaban J connectivity index is 1.80. The lowest BCUT2D eigenvalue weighted by molar-refractivity contribution is -0.120. The van der Waals surface area contributed by atoms with Crippen molar-refractivity contribution < 1.29 is 9.18 Å². The molecule has 1 aromatic heterocycles. The van der Waals surface area contributed by atoms with Crippen molar-refractivity contribution in [2.75, 3.05) is 18.4 Å². The fourth-order valence-corrected chi connectivity index (χ4v) is 3.52. The number of carbonyl (C=O) groups is 1. The first kappa shape index (κ1) is 13.7. The lowest BCUT2D eigenvalue weighted by Crippen LogP contribution is -2.37. The summed E-state index contributed by atoms with van der Waals surface area (Å²) < 4.78 is 13.9. The summed E-state index contributed by atoms with van der Waals surface area (Å²) in [5, 5.41) is 6.71. The van der Waals surface area contributed by atoms with Gasteiger partial charge in [0.25, 0.3) is 0 Å². The van der Waals surface area contributed by atoms with Gasteiger partial charge in [0, 0.05) is 6.54 Å². The van der Waals surface area contributed by atoms with Crippen molar-refractivity contribution >= 4 is 44.2 Å². The lowest BCUT2D eigenvalue weighted by atomic mass is 9.99. The number of rotatable bonds is 2. The third-order valence-corrected chi connectivity index (χ3v) is 4.52. The van der Waals surface area contributed by atoms with Crippen LogP contribution < -0.4 is 10.6 Å². The van der Waals surface area contributed by atoms with E-state index in [9.17, 15) is 9.18 Å². The van der Waals surface area contributed by atoms with Crippen LogP contribution in [0.25, 0.3) is 10.2 Å². The van der Waals surface area contributed by atoms with Crippen LogP contribution in [-0.2, 0) is 4.79 Å². The van der Waals surface area contributed by atoms with E-state index >= 15 is 0 Å². The molecule has 1 atom stereocenters. The minimum atomic E-state index is -0.402. The quantitative estimate of drug-likeness (QED) is 0.896. The van der Waals surface area contributed by atoms with Crippen molar-refractivity contribution in [1.82, 2.24) is 10.3 Å². The van der Waals surface area contributed by atoms with Gasteiger partial charge in [-0.05, 0) is 31.5 Å². The number of fused-ring (bicyclic) bond motifs is 1. The van der Waals surface area contributed by atoms with Gasteiger partial charge in [-0.25, -0.2) is 9.37 Å². The Bertz CT molecular complexity index is 654. The van der Waals surface area contributed by atoms with Crippen LogP contribution in [0.15, 0.2) is 12.1 Å². The van der Waals surface area contributed by atoms with E-state index in [2.05, 4.69) is 15.6 Å². The van der Waals surface area contributed by atoms with E-state index in [1.54, 1.807) is 0 Å². The van der Waals surface area contributed by atoms with Crippen LogP contribution in [-0.4, -0.2) is 24.0 Å². The number of carbonyl (C=O) groups excluding carboxylic acids is 1. The van der Waals surface area contributed by atoms with Crippen molar-refractivity contribution in [2.24, 2.45) is 5.92 Å². The number of aromatic nitrogens is 1. The molecule has 2 aromatic rings. The number of hydrogen-bond acceptors (Lipinski definition) is 4. The van der Waals surface area contributed by atoms with Crippen molar-refractivity contribution in [3.63, 3.8) is 0 Å². The second-order valence-corrected chi connectivity index (χ2v) is 6.22. The molecule has 0 radical (unpaired) electrons. The molecule has 1 saturated heterocycles. The largest absolute Gasteiger partial charge is 0.316 e. The molecule has 4 nitrogen and oxygen atoms in total. The summed E-state index contributed by atoms with van der Waals surface area (Å²) in [5.74, 6) is -0.490. The van der Waals surface area contributed by atoms with Crippen LogP contribution in [0.5, 0.6) is 0 Å². The highest BCUT2D eigenvalue weighted by Gasteiger charge is 2.22. The Morgan fingerprint density at radius 2 is 2.40 bits per heavy atom. The van der Waals surface area contributed by atoms with Crippen LogP contribution in [0.1, 0.15) is 12.8 Å². The number of nitrogens with zero attached hydrogens (tertiary/aromatic N) is 1. The highest BCUT2D eigenvalue weighted by molar-refractivity contribution is 7.22. The van der Waals surface area contributed by atoms with E-state index < -0.39 is 5.82 Å². The summed E-state index contributed by atoms with van der Waals surface area (Å²) in [6, 6.07) is 2.59. The molecule has 0 saturated carbocycles. The van der Waals surface area contributed by atoms with Crippen LogP contribution in [0.3, 0.4) is 0 Å². The number of benzene rings is 1. The monoisotopic (exact) mass is 313 g/mol. The van der Waals surface area contributed by atoms with Gasteiger partial charge in [-0.2, -0.15) is 0 Å². The number of thiazole rings is 1. The molecule has 1 aromatic carbocycles. The molecule has 1 amide bonds. The van der Waals surface area contributed by atoms with Crippen molar-refractivity contribution in [1.29, 1.82) is 0 Å². The SMILES string of the molecule is O=C(Nc1nc2c(Cl)cc(F)cc2s1)C1CCCNC1. The van der Waals surface area contributed by atoms with E-state index in [-0.39, 0.29) is 16.8 Å². The number of anilines is 1. The molecule has 3 rings (SSSR count). The molecule has 2 heterocycles. The molecule has 2 N–H and O–H groups in total. The van der Waals surface area contributed by atoms with E-state index in [0.29, 0.717) is 21.9 Å². The Morgan fingerprint density at radius 3 is 3.15 bits per heavy atom. The zero-order chi connectivity index (χ0) is 14.1. The molecular weight excluding hydrogens is 301 g/mol. The predicted octanol–water partition coefficient (Wildman–Crippen LogP) is 3.03. The number of amides is 1. The molecule has 1 fully saturated rings. The van der Waals surface area contributed by atoms with Crippen molar-refractivity contribution in [2.45, 2.75) is 12.8 Å². The normalized spacial score (nSPS) is 19.2. The minimum absolute atomic E-state index is 0.0389. The summed E-state index contributed by atoms with van der Waals surface area (Å²) in [6.45, 7) is 1.64. The van der Waals surface area contributed by atoms with Gasteiger partial charge in [0.2, 0.25) is 5.91 Å². The first-order valence-electron chi connectivity index (χ1n) is 6.40. The third kappa shape index (κ3) is 2.77. The summed E-state index contributed by atoms with van der Waals surface area (Å²) in [7, 11) is 0. The molecule has 0 bridgehead atoms. The van der Waals surface area contributed by atoms with Crippen LogP contribution >= 0.6 is 22.9 Å². The minimum Gasteiger partial charge on any atom is -0.316 e. The number of nitrogens with one attached hydrogen (secondary N) is 2. The van der Waals surface area contributed by atoms with Gasteiger partial charge in [0.05, 0.1) is 15.6 Å². The summed E-state index contributed by atoms with van der Waals surface area (Å²) in [6.07, 6.45) is 1.87. The fourth-order valence-electron chi connectivity index (χ4n) is 2.29.